The van der Waals surface area contributed by atoms with E-state index in [1.165, 1.54) is 0 Å². The number of nitrogens with zero attached hydrogens (tertiary/aromatic N) is 1. The van der Waals surface area contributed by atoms with Crippen LogP contribution in [0.2, 0.25) is 5.02 Å². The van der Waals surface area contributed by atoms with Crippen LogP contribution in [0.5, 0.6) is 0 Å². The van der Waals surface area contributed by atoms with Crippen LogP contribution in [-0.2, 0) is 9.84 Å². The molecule has 0 spiro atoms. The van der Waals surface area contributed by atoms with E-state index in [2.05, 4.69) is 4.85 Å². The Bertz CT molecular complexity index is 965. The van der Waals surface area contributed by atoms with Gasteiger partial charge >= 0.3 is 0 Å². The van der Waals surface area contributed by atoms with Crippen molar-refractivity contribution in [1.82, 2.24) is 0 Å². The molecule has 4 nitrogen and oxygen atoms in total. The van der Waals surface area contributed by atoms with Gasteiger partial charge in [-0.2, -0.15) is 0 Å². The molecule has 0 saturated heterocycles. The van der Waals surface area contributed by atoms with E-state index in [0.717, 1.165) is 24.0 Å². The van der Waals surface area contributed by atoms with E-state index in [4.69, 9.17) is 18.2 Å². The van der Waals surface area contributed by atoms with Crippen LogP contribution in [0.3, 0.4) is 0 Å². The quantitative estimate of drug-likeness (QED) is 0.707. The molecule has 1 aliphatic carbocycles. The van der Waals surface area contributed by atoms with Gasteiger partial charge < -0.3 is 5.11 Å². The molecule has 0 aromatic heterocycles. The third-order valence-electron chi connectivity index (χ3n) is 5.24. The summed E-state index contributed by atoms with van der Waals surface area (Å²) >= 11 is 6.24. The molecular weight excluding hydrogens is 382 g/mol. The van der Waals surface area contributed by atoms with Gasteiger partial charge in [-0.1, -0.05) is 35.9 Å². The van der Waals surface area contributed by atoms with Gasteiger partial charge in [0.25, 0.3) is 0 Å². The second-order valence-electron chi connectivity index (χ2n) is 7.52. The summed E-state index contributed by atoms with van der Waals surface area (Å²) in [6.45, 7) is 8.84. The van der Waals surface area contributed by atoms with Crippen molar-refractivity contribution >= 4 is 27.1 Å². The highest BCUT2D eigenvalue weighted by molar-refractivity contribution is 7.91. The van der Waals surface area contributed by atoms with Gasteiger partial charge in [0.05, 0.1) is 22.8 Å². The molecule has 0 amide bonds. The lowest BCUT2D eigenvalue weighted by Crippen LogP contribution is -2.32. The lowest BCUT2D eigenvalue weighted by atomic mass is 9.81. The molecule has 2 aromatic rings. The van der Waals surface area contributed by atoms with Crippen LogP contribution < -0.4 is 0 Å². The Kier molecular flexibility index (Phi) is 5.62. The Morgan fingerprint density at radius 1 is 1.19 bits per heavy atom. The first-order valence-electron chi connectivity index (χ1n) is 8.93. The van der Waals surface area contributed by atoms with Crippen molar-refractivity contribution in [3.05, 3.63) is 58.9 Å². The molecule has 2 aromatic carbocycles. The first-order valence-corrected chi connectivity index (χ1v) is 11.0. The molecule has 0 radical (unpaired) electrons. The first-order chi connectivity index (χ1) is 12.7. The topological polar surface area (TPSA) is 58.7 Å². The average Bonchev–Trinajstić information content (AvgIpc) is 2.63. The molecular formula is C21H22ClNO3S. The Balaban J connectivity index is 1.76. The maximum absolute atomic E-state index is 12.7. The lowest BCUT2D eigenvalue weighted by Gasteiger charge is -2.32. The van der Waals surface area contributed by atoms with Crippen LogP contribution in [0.1, 0.15) is 32.6 Å². The van der Waals surface area contributed by atoms with E-state index >= 15 is 0 Å². The van der Waals surface area contributed by atoms with E-state index < -0.39 is 15.4 Å². The molecule has 0 bridgehead atoms. The number of benzene rings is 2. The van der Waals surface area contributed by atoms with E-state index in [-0.39, 0.29) is 11.7 Å². The highest BCUT2D eigenvalue weighted by Crippen LogP contribution is 2.34. The standard InChI is InChI=1S/C21H22ClNO3S/c1-21(24)11-9-15(10-12-21)14-27(25,26)18-6-3-16(4-7-18)19-8-5-17(23-2)13-20(19)22/h3-8,13,15,24H,9-12,14H2,1H3. The van der Waals surface area contributed by atoms with Crippen molar-refractivity contribution in [1.29, 1.82) is 0 Å². The molecule has 0 unspecified atom stereocenters. The van der Waals surface area contributed by atoms with Crippen LogP contribution in [0.15, 0.2) is 47.4 Å². The van der Waals surface area contributed by atoms with Crippen molar-refractivity contribution in [3.63, 3.8) is 0 Å². The van der Waals surface area contributed by atoms with Gasteiger partial charge in [0.2, 0.25) is 0 Å². The maximum atomic E-state index is 12.7. The van der Waals surface area contributed by atoms with Gasteiger partial charge in [-0.25, -0.2) is 13.3 Å². The molecule has 0 atom stereocenters. The zero-order chi connectivity index (χ0) is 19.7. The normalized spacial score (nSPS) is 23.0. The van der Waals surface area contributed by atoms with Gasteiger partial charge in [0, 0.05) is 5.02 Å². The second kappa shape index (κ2) is 7.63. The van der Waals surface area contributed by atoms with Gasteiger partial charge in [0.15, 0.2) is 15.5 Å². The van der Waals surface area contributed by atoms with Crippen molar-refractivity contribution < 1.29 is 13.5 Å². The number of halogens is 1. The number of rotatable bonds is 4. The van der Waals surface area contributed by atoms with E-state index in [1.807, 2.05) is 6.92 Å². The summed E-state index contributed by atoms with van der Waals surface area (Å²) in [5, 5.41) is 10.5. The minimum Gasteiger partial charge on any atom is -0.390 e. The van der Waals surface area contributed by atoms with Crippen molar-refractivity contribution in [2.45, 2.75) is 43.1 Å². The van der Waals surface area contributed by atoms with Crippen LogP contribution in [0.4, 0.5) is 5.69 Å². The predicted molar refractivity (Wildman–Crippen MR) is 108 cm³/mol. The fraction of sp³-hybridized carbons (Fsp3) is 0.381. The molecule has 27 heavy (non-hydrogen) atoms. The van der Waals surface area contributed by atoms with Crippen LogP contribution in [0.25, 0.3) is 16.0 Å². The molecule has 1 saturated carbocycles. The van der Waals surface area contributed by atoms with Crippen molar-refractivity contribution in [2.75, 3.05) is 5.75 Å². The number of aliphatic hydroxyl groups is 1. The largest absolute Gasteiger partial charge is 0.390 e. The second-order valence-corrected chi connectivity index (χ2v) is 9.96. The van der Waals surface area contributed by atoms with Gasteiger partial charge in [-0.3, -0.25) is 0 Å². The van der Waals surface area contributed by atoms with Crippen LogP contribution in [-0.4, -0.2) is 24.9 Å². The van der Waals surface area contributed by atoms with E-state index in [1.54, 1.807) is 42.5 Å². The zero-order valence-corrected chi connectivity index (χ0v) is 16.7. The molecule has 1 aliphatic rings. The molecule has 0 aliphatic heterocycles. The van der Waals surface area contributed by atoms with Gasteiger partial charge in [-0.15, -0.1) is 0 Å². The van der Waals surface area contributed by atoms with E-state index in [0.29, 0.717) is 28.4 Å². The average molecular weight is 404 g/mol. The minimum absolute atomic E-state index is 0.0884. The number of sulfone groups is 1. The lowest BCUT2D eigenvalue weighted by molar-refractivity contribution is 0.0108. The smallest absolute Gasteiger partial charge is 0.188 e. The number of hydrogen-bond acceptors (Lipinski definition) is 3. The Morgan fingerprint density at radius 3 is 2.37 bits per heavy atom. The molecule has 1 N–H and O–H groups in total. The van der Waals surface area contributed by atoms with Crippen LogP contribution >= 0.6 is 11.6 Å². The summed E-state index contributed by atoms with van der Waals surface area (Å²) in [5.74, 6) is 0.202. The fourth-order valence-electron chi connectivity index (χ4n) is 3.52. The minimum atomic E-state index is -3.37. The number of hydrogen-bond donors (Lipinski definition) is 1. The summed E-state index contributed by atoms with van der Waals surface area (Å²) in [4.78, 5) is 3.65. The van der Waals surface area contributed by atoms with Crippen molar-refractivity contribution in [3.8, 4) is 11.1 Å². The predicted octanol–water partition coefficient (Wildman–Crippen LogP) is 5.27. The fourth-order valence-corrected chi connectivity index (χ4v) is 5.50. The monoisotopic (exact) mass is 403 g/mol. The summed E-state index contributed by atoms with van der Waals surface area (Å²) in [7, 11) is -3.37. The maximum Gasteiger partial charge on any atom is 0.188 e. The Labute approximate surface area is 165 Å². The molecule has 6 heteroatoms. The van der Waals surface area contributed by atoms with E-state index in [9.17, 15) is 13.5 Å². The third-order valence-corrected chi connectivity index (χ3v) is 7.46. The summed E-state index contributed by atoms with van der Waals surface area (Å²) < 4.78 is 25.5. The van der Waals surface area contributed by atoms with Crippen LogP contribution in [0, 0.1) is 12.5 Å². The zero-order valence-electron chi connectivity index (χ0n) is 15.2. The summed E-state index contributed by atoms with van der Waals surface area (Å²) in [6, 6.07) is 11.8. The highest BCUT2D eigenvalue weighted by Gasteiger charge is 2.31. The third kappa shape index (κ3) is 4.70. The molecule has 1 fully saturated rings. The summed E-state index contributed by atoms with van der Waals surface area (Å²) in [6.07, 6.45) is 2.75. The first kappa shape index (κ1) is 19.9. The van der Waals surface area contributed by atoms with Gasteiger partial charge in [-0.05, 0) is 67.9 Å². The summed E-state index contributed by atoms with van der Waals surface area (Å²) in [5.41, 5.74) is 1.38. The highest BCUT2D eigenvalue weighted by atomic mass is 35.5. The molecule has 142 valence electrons. The molecule has 0 heterocycles. The van der Waals surface area contributed by atoms with Gasteiger partial charge in [0.1, 0.15) is 0 Å². The Hall–Kier alpha value is -1.87. The Morgan fingerprint density at radius 2 is 1.81 bits per heavy atom. The molecule has 3 rings (SSSR count). The van der Waals surface area contributed by atoms with Crippen molar-refractivity contribution in [2.24, 2.45) is 5.92 Å². The SMILES string of the molecule is [C-]#[N+]c1ccc(-c2ccc(S(=O)(=O)CC3CCC(C)(O)CC3)cc2)c(Cl)c1.